The Morgan fingerprint density at radius 1 is 1.33 bits per heavy atom. The van der Waals surface area contributed by atoms with Crippen LogP contribution in [0.5, 0.6) is 0 Å². The van der Waals surface area contributed by atoms with Crippen LogP contribution < -0.4 is 5.56 Å². The van der Waals surface area contributed by atoms with E-state index >= 15 is 0 Å². The molecule has 6 heteroatoms. The first-order chi connectivity index (χ1) is 11.6. The maximum Gasteiger partial charge on any atom is 0.259 e. The van der Waals surface area contributed by atoms with E-state index in [1.54, 1.807) is 11.3 Å². The number of hydrogen-bond acceptors (Lipinski definition) is 5. The zero-order valence-electron chi connectivity index (χ0n) is 14.6. The lowest BCUT2D eigenvalue weighted by molar-refractivity contribution is 0.104. The molecular formula is C18H27N3O2S. The first-order valence-electron chi connectivity index (χ1n) is 9.06. The van der Waals surface area contributed by atoms with Crippen molar-refractivity contribution >= 4 is 21.6 Å². The fourth-order valence-corrected chi connectivity index (χ4v) is 4.75. The molecule has 2 heterocycles. The van der Waals surface area contributed by atoms with Gasteiger partial charge in [-0.3, -0.25) is 9.69 Å². The molecule has 2 aromatic heterocycles. The highest BCUT2D eigenvalue weighted by Crippen LogP contribution is 2.33. The molecule has 24 heavy (non-hydrogen) atoms. The lowest BCUT2D eigenvalue weighted by Crippen LogP contribution is -2.33. The van der Waals surface area contributed by atoms with Gasteiger partial charge < -0.3 is 10.1 Å². The second-order valence-corrected chi connectivity index (χ2v) is 7.78. The molecule has 0 amide bonds. The Morgan fingerprint density at radius 2 is 2.12 bits per heavy atom. The number of nitrogens with zero attached hydrogens (tertiary/aromatic N) is 2. The summed E-state index contributed by atoms with van der Waals surface area (Å²) in [6, 6.07) is 0. The molecule has 0 aliphatic heterocycles. The van der Waals surface area contributed by atoms with Crippen molar-refractivity contribution in [2.24, 2.45) is 0 Å². The molecule has 0 saturated heterocycles. The van der Waals surface area contributed by atoms with Gasteiger partial charge in [0.2, 0.25) is 0 Å². The summed E-state index contributed by atoms with van der Waals surface area (Å²) in [6.45, 7) is 6.20. The summed E-state index contributed by atoms with van der Waals surface area (Å²) in [7, 11) is 0. The molecule has 1 atom stereocenters. The summed E-state index contributed by atoms with van der Waals surface area (Å²) in [4.78, 5) is 24.7. The van der Waals surface area contributed by atoms with Crippen LogP contribution in [0.2, 0.25) is 0 Å². The van der Waals surface area contributed by atoms with Crippen molar-refractivity contribution in [2.75, 3.05) is 13.1 Å². The summed E-state index contributed by atoms with van der Waals surface area (Å²) in [5.74, 6) is 0.711. The summed E-state index contributed by atoms with van der Waals surface area (Å²) in [5.41, 5.74) is 1.23. The third kappa shape index (κ3) is 3.71. The first kappa shape index (κ1) is 17.6. The van der Waals surface area contributed by atoms with E-state index in [2.05, 4.69) is 16.8 Å². The van der Waals surface area contributed by atoms with Gasteiger partial charge in [-0.2, -0.15) is 0 Å². The van der Waals surface area contributed by atoms with Gasteiger partial charge in [0.25, 0.3) is 5.56 Å². The van der Waals surface area contributed by atoms with Crippen LogP contribution >= 0.6 is 11.3 Å². The monoisotopic (exact) mass is 349 g/mol. The van der Waals surface area contributed by atoms with E-state index in [4.69, 9.17) is 4.98 Å². The number of aromatic amines is 1. The fraction of sp³-hybridized carbons (Fsp3) is 0.667. The molecule has 0 spiro atoms. The van der Waals surface area contributed by atoms with Gasteiger partial charge in [0, 0.05) is 11.4 Å². The van der Waals surface area contributed by atoms with Gasteiger partial charge in [-0.15, -0.1) is 11.3 Å². The van der Waals surface area contributed by atoms with Crippen LogP contribution in [-0.2, 0) is 19.4 Å². The molecule has 0 unspecified atom stereocenters. The van der Waals surface area contributed by atoms with Crippen molar-refractivity contribution in [3.8, 4) is 0 Å². The van der Waals surface area contributed by atoms with Crippen molar-refractivity contribution in [1.29, 1.82) is 0 Å². The molecule has 0 aromatic carbocycles. The number of H-pyrrole nitrogens is 1. The van der Waals surface area contributed by atoms with Crippen LogP contribution in [0.25, 0.3) is 10.2 Å². The number of fused-ring (bicyclic) bond motifs is 3. The third-order valence-electron chi connectivity index (χ3n) is 4.73. The second-order valence-electron chi connectivity index (χ2n) is 6.70. The Bertz CT molecular complexity index is 753. The van der Waals surface area contributed by atoms with E-state index in [9.17, 15) is 9.90 Å². The molecule has 1 aliphatic carbocycles. The highest BCUT2D eigenvalue weighted by atomic mass is 32.1. The quantitative estimate of drug-likeness (QED) is 0.806. The van der Waals surface area contributed by atoms with Crippen molar-refractivity contribution in [2.45, 2.75) is 65.0 Å². The normalized spacial score (nSPS) is 15.8. The Hall–Kier alpha value is -1.24. The SMILES string of the molecule is CCCN(Cc1nc2sc3c(c2c(=O)[nH]1)CCCC3)C[C@@H](O)CC. The molecule has 1 aliphatic rings. The van der Waals surface area contributed by atoms with Crippen LogP contribution in [0.15, 0.2) is 4.79 Å². The van der Waals surface area contributed by atoms with Gasteiger partial charge in [0.15, 0.2) is 0 Å². The molecular weight excluding hydrogens is 322 g/mol. The first-order valence-corrected chi connectivity index (χ1v) is 9.87. The standard InChI is InChI=1S/C18H27N3O2S/c1-3-9-21(10-12(22)4-2)11-15-19-17(23)16-13-7-5-6-8-14(13)24-18(16)20-15/h12,22H,3-11H2,1-2H3,(H,19,20,23)/t12-/m0/s1. The summed E-state index contributed by atoms with van der Waals surface area (Å²) < 4.78 is 0. The smallest absolute Gasteiger partial charge is 0.259 e. The van der Waals surface area contributed by atoms with E-state index in [-0.39, 0.29) is 11.7 Å². The topological polar surface area (TPSA) is 69.2 Å². The number of nitrogens with one attached hydrogen (secondary N) is 1. The van der Waals surface area contributed by atoms with E-state index in [1.165, 1.54) is 23.3 Å². The van der Waals surface area contributed by atoms with E-state index in [1.807, 2.05) is 6.92 Å². The maximum atomic E-state index is 12.6. The van der Waals surface area contributed by atoms with Crippen LogP contribution in [0.3, 0.4) is 0 Å². The highest BCUT2D eigenvalue weighted by molar-refractivity contribution is 7.18. The minimum atomic E-state index is -0.332. The van der Waals surface area contributed by atoms with Crippen molar-refractivity contribution < 1.29 is 5.11 Å². The minimum Gasteiger partial charge on any atom is -0.392 e. The average molecular weight is 350 g/mol. The minimum absolute atomic E-state index is 0.00175. The summed E-state index contributed by atoms with van der Waals surface area (Å²) >= 11 is 1.69. The Kier molecular flexibility index (Phi) is 5.69. The number of aromatic nitrogens is 2. The number of thiophene rings is 1. The molecule has 2 aromatic rings. The van der Waals surface area contributed by atoms with E-state index < -0.39 is 0 Å². The second kappa shape index (κ2) is 7.76. The third-order valence-corrected chi connectivity index (χ3v) is 5.91. The number of hydrogen-bond donors (Lipinski definition) is 2. The van der Waals surface area contributed by atoms with Crippen molar-refractivity contribution in [3.63, 3.8) is 0 Å². The predicted molar refractivity (Wildman–Crippen MR) is 98.7 cm³/mol. The van der Waals surface area contributed by atoms with E-state index in [0.29, 0.717) is 18.9 Å². The zero-order valence-corrected chi connectivity index (χ0v) is 15.4. The highest BCUT2D eigenvalue weighted by Gasteiger charge is 2.20. The zero-order chi connectivity index (χ0) is 17.1. The number of aliphatic hydroxyl groups excluding tert-OH is 1. The molecule has 0 saturated carbocycles. The lowest BCUT2D eigenvalue weighted by atomic mass is 9.97. The number of rotatable bonds is 7. The van der Waals surface area contributed by atoms with Crippen LogP contribution in [0.1, 0.15) is 55.8 Å². The van der Waals surface area contributed by atoms with Crippen LogP contribution in [-0.4, -0.2) is 39.2 Å². The van der Waals surface area contributed by atoms with Crippen LogP contribution in [0, 0.1) is 0 Å². The van der Waals surface area contributed by atoms with Gasteiger partial charge in [0.1, 0.15) is 10.7 Å². The Morgan fingerprint density at radius 3 is 2.88 bits per heavy atom. The predicted octanol–water partition coefficient (Wildman–Crippen LogP) is 2.85. The van der Waals surface area contributed by atoms with Gasteiger partial charge >= 0.3 is 0 Å². The largest absolute Gasteiger partial charge is 0.392 e. The maximum absolute atomic E-state index is 12.6. The summed E-state index contributed by atoms with van der Waals surface area (Å²) in [6.07, 6.45) is 5.88. The number of aliphatic hydroxyl groups is 1. The van der Waals surface area contributed by atoms with Gasteiger partial charge in [-0.25, -0.2) is 4.98 Å². The average Bonchev–Trinajstić information content (AvgIpc) is 2.93. The molecule has 132 valence electrons. The molecule has 5 nitrogen and oxygen atoms in total. The lowest BCUT2D eigenvalue weighted by Gasteiger charge is -2.23. The Labute approximate surface area is 146 Å². The van der Waals surface area contributed by atoms with Gasteiger partial charge in [0.05, 0.1) is 18.0 Å². The summed E-state index contributed by atoms with van der Waals surface area (Å²) in [5, 5.41) is 10.8. The van der Waals surface area contributed by atoms with Crippen molar-refractivity contribution in [1.82, 2.24) is 14.9 Å². The van der Waals surface area contributed by atoms with Crippen molar-refractivity contribution in [3.05, 3.63) is 26.6 Å². The molecule has 3 rings (SSSR count). The molecule has 0 bridgehead atoms. The van der Waals surface area contributed by atoms with Gasteiger partial charge in [-0.1, -0.05) is 13.8 Å². The number of aryl methyl sites for hydroxylation is 2. The Balaban J connectivity index is 1.88. The molecule has 2 N–H and O–H groups in total. The van der Waals surface area contributed by atoms with Crippen LogP contribution in [0.4, 0.5) is 0 Å². The molecule has 0 fully saturated rings. The van der Waals surface area contributed by atoms with Gasteiger partial charge in [-0.05, 0) is 50.6 Å². The fourth-order valence-electron chi connectivity index (χ4n) is 3.47. The molecule has 0 radical (unpaired) electrons. The van der Waals surface area contributed by atoms with E-state index in [0.717, 1.165) is 42.4 Å².